The minimum atomic E-state index is 0.693. The lowest BCUT2D eigenvalue weighted by Crippen LogP contribution is -2.35. The van der Waals surface area contributed by atoms with Gasteiger partial charge in [0.15, 0.2) is 0 Å². The molecule has 2 atom stereocenters. The van der Waals surface area contributed by atoms with Crippen molar-refractivity contribution in [1.82, 2.24) is 10.2 Å². The van der Waals surface area contributed by atoms with E-state index in [9.17, 15) is 0 Å². The molecular weight excluding hydrogens is 172 g/mol. The molecule has 0 bridgehead atoms. The molecule has 1 rings (SSSR count). The van der Waals surface area contributed by atoms with Crippen molar-refractivity contribution < 1.29 is 0 Å². The summed E-state index contributed by atoms with van der Waals surface area (Å²) >= 11 is 0. The third-order valence-electron chi connectivity index (χ3n) is 3.34. The predicted molar refractivity (Wildman–Crippen MR) is 62.6 cm³/mol. The van der Waals surface area contributed by atoms with Crippen molar-refractivity contribution in [2.45, 2.75) is 52.6 Å². The van der Waals surface area contributed by atoms with Gasteiger partial charge in [0.05, 0.1) is 0 Å². The van der Waals surface area contributed by atoms with Gasteiger partial charge in [-0.25, -0.2) is 0 Å². The summed E-state index contributed by atoms with van der Waals surface area (Å²) in [5, 5.41) is 3.60. The average molecular weight is 198 g/mol. The molecular formula is C12H26N2. The highest BCUT2D eigenvalue weighted by Gasteiger charge is 2.20. The molecule has 0 aromatic rings. The van der Waals surface area contributed by atoms with Gasteiger partial charge in [-0.1, -0.05) is 13.8 Å². The summed E-state index contributed by atoms with van der Waals surface area (Å²) in [7, 11) is 0. The molecule has 1 fully saturated rings. The van der Waals surface area contributed by atoms with E-state index in [1.165, 1.54) is 32.5 Å². The van der Waals surface area contributed by atoms with Crippen molar-refractivity contribution in [2.24, 2.45) is 5.92 Å². The van der Waals surface area contributed by atoms with Gasteiger partial charge < -0.3 is 10.2 Å². The van der Waals surface area contributed by atoms with Crippen molar-refractivity contribution in [1.29, 1.82) is 0 Å². The molecule has 1 aliphatic heterocycles. The number of rotatable bonds is 5. The molecule has 2 unspecified atom stereocenters. The van der Waals surface area contributed by atoms with Gasteiger partial charge in [-0.15, -0.1) is 0 Å². The second-order valence-corrected chi connectivity index (χ2v) is 4.96. The first-order valence-corrected chi connectivity index (χ1v) is 6.11. The highest BCUT2D eigenvalue weighted by Crippen LogP contribution is 2.16. The fraction of sp³-hybridized carbons (Fsp3) is 1.00. The predicted octanol–water partition coefficient (Wildman–Crippen LogP) is 2.10. The first-order valence-electron chi connectivity index (χ1n) is 6.11. The lowest BCUT2D eigenvalue weighted by Gasteiger charge is -2.26. The molecule has 2 heteroatoms. The van der Waals surface area contributed by atoms with Crippen LogP contribution in [0, 0.1) is 5.92 Å². The van der Waals surface area contributed by atoms with Crippen molar-refractivity contribution >= 4 is 0 Å². The zero-order valence-electron chi connectivity index (χ0n) is 10.2. The molecule has 0 aromatic carbocycles. The standard InChI is InChI=1S/C12H26N2/c1-5-14(10(2)3)7-6-12-8-11(4)9-13-12/h10-13H,5-9H2,1-4H3. The zero-order chi connectivity index (χ0) is 10.6. The van der Waals surface area contributed by atoms with Crippen LogP contribution in [0.15, 0.2) is 0 Å². The third kappa shape index (κ3) is 3.58. The average Bonchev–Trinajstić information content (AvgIpc) is 2.52. The molecule has 14 heavy (non-hydrogen) atoms. The van der Waals surface area contributed by atoms with Crippen molar-refractivity contribution in [2.75, 3.05) is 19.6 Å². The van der Waals surface area contributed by atoms with Gasteiger partial charge in [0, 0.05) is 12.1 Å². The molecule has 1 aliphatic rings. The summed E-state index contributed by atoms with van der Waals surface area (Å²) in [5.41, 5.74) is 0. The summed E-state index contributed by atoms with van der Waals surface area (Å²) in [6.07, 6.45) is 2.69. The van der Waals surface area contributed by atoms with Crippen molar-refractivity contribution in [3.8, 4) is 0 Å². The molecule has 1 saturated heterocycles. The van der Waals surface area contributed by atoms with Gasteiger partial charge in [0.25, 0.3) is 0 Å². The molecule has 1 N–H and O–H groups in total. The highest BCUT2D eigenvalue weighted by molar-refractivity contribution is 4.80. The topological polar surface area (TPSA) is 15.3 Å². The van der Waals surface area contributed by atoms with Crippen LogP contribution < -0.4 is 5.32 Å². The van der Waals surface area contributed by atoms with Crippen LogP contribution in [0.2, 0.25) is 0 Å². The first kappa shape index (κ1) is 12.0. The molecule has 0 saturated carbocycles. The van der Waals surface area contributed by atoms with Crippen LogP contribution >= 0.6 is 0 Å². The Morgan fingerprint density at radius 2 is 2.14 bits per heavy atom. The number of nitrogens with zero attached hydrogens (tertiary/aromatic N) is 1. The summed E-state index contributed by atoms with van der Waals surface area (Å²) in [4.78, 5) is 2.55. The van der Waals surface area contributed by atoms with E-state index in [2.05, 4.69) is 37.9 Å². The fourth-order valence-electron chi connectivity index (χ4n) is 2.34. The third-order valence-corrected chi connectivity index (χ3v) is 3.34. The molecule has 2 nitrogen and oxygen atoms in total. The second-order valence-electron chi connectivity index (χ2n) is 4.96. The number of hydrogen-bond acceptors (Lipinski definition) is 2. The van der Waals surface area contributed by atoms with Crippen LogP contribution in [-0.4, -0.2) is 36.6 Å². The van der Waals surface area contributed by atoms with Crippen LogP contribution in [0.1, 0.15) is 40.5 Å². The number of nitrogens with one attached hydrogen (secondary N) is 1. The van der Waals surface area contributed by atoms with Crippen molar-refractivity contribution in [3.05, 3.63) is 0 Å². The Balaban J connectivity index is 2.18. The summed E-state index contributed by atoms with van der Waals surface area (Å²) in [6.45, 7) is 12.8. The van der Waals surface area contributed by atoms with E-state index in [0.29, 0.717) is 6.04 Å². The van der Waals surface area contributed by atoms with E-state index < -0.39 is 0 Å². The summed E-state index contributed by atoms with van der Waals surface area (Å²) < 4.78 is 0. The van der Waals surface area contributed by atoms with Crippen LogP contribution in [0.4, 0.5) is 0 Å². The molecule has 0 amide bonds. The largest absolute Gasteiger partial charge is 0.314 e. The minimum absolute atomic E-state index is 0.693. The van der Waals surface area contributed by atoms with Gasteiger partial charge in [-0.3, -0.25) is 0 Å². The highest BCUT2D eigenvalue weighted by atomic mass is 15.1. The lowest BCUT2D eigenvalue weighted by atomic mass is 10.1. The van der Waals surface area contributed by atoms with E-state index >= 15 is 0 Å². The van der Waals surface area contributed by atoms with Gasteiger partial charge in [-0.05, 0) is 52.2 Å². The van der Waals surface area contributed by atoms with Gasteiger partial charge in [-0.2, -0.15) is 0 Å². The Morgan fingerprint density at radius 3 is 2.57 bits per heavy atom. The van der Waals surface area contributed by atoms with Gasteiger partial charge >= 0.3 is 0 Å². The normalized spacial score (nSPS) is 27.9. The van der Waals surface area contributed by atoms with E-state index in [4.69, 9.17) is 0 Å². The Morgan fingerprint density at radius 1 is 1.43 bits per heavy atom. The Kier molecular flexibility index (Phi) is 4.90. The molecule has 84 valence electrons. The van der Waals surface area contributed by atoms with Crippen LogP contribution in [0.5, 0.6) is 0 Å². The van der Waals surface area contributed by atoms with E-state index in [-0.39, 0.29) is 0 Å². The fourth-order valence-corrected chi connectivity index (χ4v) is 2.34. The maximum atomic E-state index is 3.60. The Bertz CT molecular complexity index is 156. The Hall–Kier alpha value is -0.0800. The minimum Gasteiger partial charge on any atom is -0.314 e. The Labute approximate surface area is 89.1 Å². The maximum Gasteiger partial charge on any atom is 0.00823 e. The maximum absolute atomic E-state index is 3.60. The van der Waals surface area contributed by atoms with Crippen LogP contribution in [-0.2, 0) is 0 Å². The zero-order valence-corrected chi connectivity index (χ0v) is 10.2. The summed E-state index contributed by atoms with van der Waals surface area (Å²) in [6, 6.07) is 1.47. The monoisotopic (exact) mass is 198 g/mol. The van der Waals surface area contributed by atoms with E-state index in [1.54, 1.807) is 0 Å². The lowest BCUT2D eigenvalue weighted by molar-refractivity contribution is 0.222. The van der Waals surface area contributed by atoms with E-state index in [1.807, 2.05) is 0 Å². The smallest absolute Gasteiger partial charge is 0.00823 e. The molecule has 1 heterocycles. The van der Waals surface area contributed by atoms with Gasteiger partial charge in [0.2, 0.25) is 0 Å². The molecule has 0 spiro atoms. The quantitative estimate of drug-likeness (QED) is 0.728. The molecule has 0 radical (unpaired) electrons. The molecule has 0 aliphatic carbocycles. The number of hydrogen-bond donors (Lipinski definition) is 1. The molecule has 0 aromatic heterocycles. The van der Waals surface area contributed by atoms with Gasteiger partial charge in [0.1, 0.15) is 0 Å². The first-order chi connectivity index (χ1) is 6.63. The SMILES string of the molecule is CCN(CCC1CC(C)CN1)C(C)C. The van der Waals surface area contributed by atoms with Crippen LogP contribution in [0.3, 0.4) is 0 Å². The van der Waals surface area contributed by atoms with E-state index in [0.717, 1.165) is 12.0 Å². The summed E-state index contributed by atoms with van der Waals surface area (Å²) in [5.74, 6) is 0.883. The second kappa shape index (κ2) is 5.72. The van der Waals surface area contributed by atoms with Crippen molar-refractivity contribution in [3.63, 3.8) is 0 Å². The van der Waals surface area contributed by atoms with Crippen LogP contribution in [0.25, 0.3) is 0 Å².